The summed E-state index contributed by atoms with van der Waals surface area (Å²) in [6.07, 6.45) is 1.05. The van der Waals surface area contributed by atoms with Crippen molar-refractivity contribution in [2.75, 3.05) is 7.05 Å². The lowest BCUT2D eigenvalue weighted by Gasteiger charge is -2.22. The van der Waals surface area contributed by atoms with E-state index in [2.05, 4.69) is 24.4 Å². The molecule has 94 valence electrons. The Bertz CT molecular complexity index is 418. The molecule has 1 heterocycles. The fourth-order valence-corrected chi connectivity index (χ4v) is 3.27. The summed E-state index contributed by atoms with van der Waals surface area (Å²) in [5.41, 5.74) is 0. The standard InChI is InChI=1S/C12H18N2O2S/c1-7-4-5-11(17-7)10-6-9(10)8(2)14(16)12(15)13-3/h4-5,8-10,16H,6H2,1-3H3,(H,13,15). The first-order valence-corrected chi connectivity index (χ1v) is 6.62. The SMILES string of the molecule is CNC(=O)N(O)C(C)C1CC1c1ccc(C)s1. The van der Waals surface area contributed by atoms with Crippen LogP contribution in [-0.4, -0.2) is 29.4 Å². The van der Waals surface area contributed by atoms with Gasteiger partial charge >= 0.3 is 6.03 Å². The minimum atomic E-state index is -0.439. The van der Waals surface area contributed by atoms with E-state index in [1.165, 1.54) is 16.8 Å². The van der Waals surface area contributed by atoms with Gasteiger partial charge in [-0.05, 0) is 44.2 Å². The summed E-state index contributed by atoms with van der Waals surface area (Å²) in [4.78, 5) is 14.0. The summed E-state index contributed by atoms with van der Waals surface area (Å²) >= 11 is 1.80. The van der Waals surface area contributed by atoms with Crippen LogP contribution in [0.3, 0.4) is 0 Å². The molecule has 2 amide bonds. The molecule has 5 heteroatoms. The zero-order valence-electron chi connectivity index (χ0n) is 10.3. The van der Waals surface area contributed by atoms with E-state index in [1.807, 2.05) is 6.92 Å². The quantitative estimate of drug-likeness (QED) is 0.643. The van der Waals surface area contributed by atoms with Crippen LogP contribution in [0.4, 0.5) is 4.79 Å². The van der Waals surface area contributed by atoms with Gasteiger partial charge in [0.1, 0.15) is 0 Å². The van der Waals surface area contributed by atoms with Crippen molar-refractivity contribution in [3.05, 3.63) is 21.9 Å². The molecule has 0 radical (unpaired) electrons. The Hall–Kier alpha value is -1.07. The second kappa shape index (κ2) is 4.66. The highest BCUT2D eigenvalue weighted by Crippen LogP contribution is 2.52. The Labute approximate surface area is 105 Å². The van der Waals surface area contributed by atoms with Gasteiger partial charge in [0.05, 0.1) is 6.04 Å². The summed E-state index contributed by atoms with van der Waals surface area (Å²) in [7, 11) is 1.52. The van der Waals surface area contributed by atoms with Gasteiger partial charge in [-0.2, -0.15) is 0 Å². The number of amides is 2. The normalized spacial score (nSPS) is 24.2. The molecule has 0 spiro atoms. The van der Waals surface area contributed by atoms with E-state index in [0.717, 1.165) is 11.5 Å². The summed E-state index contributed by atoms with van der Waals surface area (Å²) in [5.74, 6) is 0.873. The van der Waals surface area contributed by atoms with Gasteiger partial charge in [0.15, 0.2) is 0 Å². The van der Waals surface area contributed by atoms with Gasteiger partial charge in [-0.15, -0.1) is 11.3 Å². The average molecular weight is 254 g/mol. The molecule has 0 saturated heterocycles. The van der Waals surface area contributed by atoms with Crippen molar-refractivity contribution in [3.8, 4) is 0 Å². The number of rotatable bonds is 3. The Balaban J connectivity index is 1.96. The molecule has 3 atom stereocenters. The van der Waals surface area contributed by atoms with Gasteiger partial charge in [0, 0.05) is 16.8 Å². The summed E-state index contributed by atoms with van der Waals surface area (Å²) < 4.78 is 0. The Morgan fingerprint density at radius 1 is 1.65 bits per heavy atom. The van der Waals surface area contributed by atoms with E-state index in [0.29, 0.717) is 11.8 Å². The van der Waals surface area contributed by atoms with Crippen LogP contribution in [0.2, 0.25) is 0 Å². The first-order valence-electron chi connectivity index (χ1n) is 5.80. The van der Waals surface area contributed by atoms with E-state index >= 15 is 0 Å². The van der Waals surface area contributed by atoms with Crippen LogP contribution in [0.1, 0.15) is 29.0 Å². The monoisotopic (exact) mass is 254 g/mol. The van der Waals surface area contributed by atoms with Gasteiger partial charge in [-0.25, -0.2) is 9.86 Å². The highest BCUT2D eigenvalue weighted by molar-refractivity contribution is 7.12. The highest BCUT2D eigenvalue weighted by atomic mass is 32.1. The van der Waals surface area contributed by atoms with Crippen molar-refractivity contribution in [3.63, 3.8) is 0 Å². The molecule has 4 nitrogen and oxygen atoms in total. The summed E-state index contributed by atoms with van der Waals surface area (Å²) in [6, 6.07) is 3.70. The number of hydrogen-bond acceptors (Lipinski definition) is 3. The first kappa shape index (κ1) is 12.4. The molecule has 2 rings (SSSR count). The maximum absolute atomic E-state index is 11.3. The van der Waals surface area contributed by atoms with Crippen LogP contribution in [0.25, 0.3) is 0 Å². The second-order valence-corrected chi connectivity index (χ2v) is 5.91. The highest BCUT2D eigenvalue weighted by Gasteiger charge is 2.45. The number of aryl methyl sites for hydroxylation is 1. The van der Waals surface area contributed by atoms with Crippen molar-refractivity contribution in [2.24, 2.45) is 5.92 Å². The Morgan fingerprint density at radius 2 is 2.35 bits per heavy atom. The number of thiophene rings is 1. The molecule has 1 fully saturated rings. The predicted molar refractivity (Wildman–Crippen MR) is 67.4 cm³/mol. The van der Waals surface area contributed by atoms with Crippen LogP contribution in [0.5, 0.6) is 0 Å². The molecule has 1 aliphatic carbocycles. The van der Waals surface area contributed by atoms with Crippen LogP contribution < -0.4 is 5.32 Å². The first-order chi connectivity index (χ1) is 8.04. The maximum Gasteiger partial charge on any atom is 0.341 e. The third-order valence-corrected chi connectivity index (χ3v) is 4.53. The van der Waals surface area contributed by atoms with Gasteiger partial charge in [-0.3, -0.25) is 5.21 Å². The number of carbonyl (C=O) groups excluding carboxylic acids is 1. The van der Waals surface area contributed by atoms with Gasteiger partial charge in [-0.1, -0.05) is 0 Å². The van der Waals surface area contributed by atoms with Gasteiger partial charge < -0.3 is 5.32 Å². The van der Waals surface area contributed by atoms with Crippen LogP contribution >= 0.6 is 11.3 Å². The van der Waals surface area contributed by atoms with E-state index in [1.54, 1.807) is 11.3 Å². The van der Waals surface area contributed by atoms with Crippen LogP contribution in [-0.2, 0) is 0 Å². The molecule has 0 bridgehead atoms. The van der Waals surface area contributed by atoms with Crippen molar-refractivity contribution in [1.82, 2.24) is 10.4 Å². The van der Waals surface area contributed by atoms with Crippen molar-refractivity contribution < 1.29 is 10.0 Å². The number of nitrogens with zero attached hydrogens (tertiary/aromatic N) is 1. The molecule has 1 saturated carbocycles. The van der Waals surface area contributed by atoms with Crippen molar-refractivity contribution in [1.29, 1.82) is 0 Å². The third kappa shape index (κ3) is 2.45. The minimum absolute atomic E-state index is 0.137. The third-order valence-electron chi connectivity index (χ3n) is 3.39. The molecule has 0 aromatic carbocycles. The fraction of sp³-hybridized carbons (Fsp3) is 0.583. The zero-order chi connectivity index (χ0) is 12.6. The molecule has 0 aliphatic heterocycles. The lowest BCUT2D eigenvalue weighted by Crippen LogP contribution is -2.42. The van der Waals surface area contributed by atoms with E-state index in [-0.39, 0.29) is 6.04 Å². The smallest absolute Gasteiger partial charge is 0.339 e. The molecule has 1 aliphatic rings. The number of urea groups is 1. The molecular weight excluding hydrogens is 236 g/mol. The molecule has 3 unspecified atom stereocenters. The molecule has 17 heavy (non-hydrogen) atoms. The number of carbonyl (C=O) groups is 1. The lowest BCUT2D eigenvalue weighted by molar-refractivity contribution is -0.0787. The summed E-state index contributed by atoms with van der Waals surface area (Å²) in [5, 5.41) is 12.9. The molecule has 1 aromatic rings. The van der Waals surface area contributed by atoms with Gasteiger partial charge in [0.2, 0.25) is 0 Å². The largest absolute Gasteiger partial charge is 0.341 e. The molecule has 1 aromatic heterocycles. The van der Waals surface area contributed by atoms with E-state index in [4.69, 9.17) is 0 Å². The fourth-order valence-electron chi connectivity index (χ4n) is 2.21. The molecular formula is C12H18N2O2S. The molecule has 2 N–H and O–H groups in total. The topological polar surface area (TPSA) is 52.6 Å². The average Bonchev–Trinajstić information content (AvgIpc) is 3.02. The summed E-state index contributed by atoms with van der Waals surface area (Å²) in [6.45, 7) is 3.98. The van der Waals surface area contributed by atoms with E-state index < -0.39 is 6.03 Å². The number of hydroxylamine groups is 2. The Morgan fingerprint density at radius 3 is 2.88 bits per heavy atom. The Kier molecular flexibility index (Phi) is 3.40. The number of nitrogens with one attached hydrogen (secondary N) is 1. The zero-order valence-corrected chi connectivity index (χ0v) is 11.1. The minimum Gasteiger partial charge on any atom is -0.339 e. The van der Waals surface area contributed by atoms with Crippen molar-refractivity contribution >= 4 is 17.4 Å². The van der Waals surface area contributed by atoms with Gasteiger partial charge in [0.25, 0.3) is 0 Å². The number of hydrogen-bond donors (Lipinski definition) is 2. The maximum atomic E-state index is 11.3. The second-order valence-electron chi connectivity index (χ2n) is 4.59. The van der Waals surface area contributed by atoms with E-state index in [9.17, 15) is 10.0 Å². The van der Waals surface area contributed by atoms with Crippen LogP contribution in [0.15, 0.2) is 12.1 Å². The van der Waals surface area contributed by atoms with Crippen LogP contribution in [0, 0.1) is 12.8 Å². The predicted octanol–water partition coefficient (Wildman–Crippen LogP) is 2.58. The van der Waals surface area contributed by atoms with Crippen molar-refractivity contribution in [2.45, 2.75) is 32.2 Å². The lowest BCUT2D eigenvalue weighted by atomic mass is 10.1.